The molecular weight excluding hydrogens is 379 g/mol. The number of carbonyl (C=O) groups excluding carboxylic acids is 2. The second kappa shape index (κ2) is 10.2. The maximum absolute atomic E-state index is 14.2. The van der Waals surface area contributed by atoms with E-state index in [2.05, 4.69) is 5.32 Å². The standard InChI is InChI=1S/C22H26ClFN2O2/c1-15(2)13-25-22(28)16(3)26(14-18-9-5-7-11-20(18)24)21(27)12-17-8-4-6-10-19(17)23/h4-11,15-16H,12-14H2,1-3H3,(H,25,28)/t16-/m0/s1. The highest BCUT2D eigenvalue weighted by Crippen LogP contribution is 2.19. The molecule has 0 heterocycles. The van der Waals surface area contributed by atoms with Gasteiger partial charge in [-0.15, -0.1) is 0 Å². The van der Waals surface area contributed by atoms with E-state index in [0.717, 1.165) is 0 Å². The molecule has 0 aromatic heterocycles. The molecule has 0 radical (unpaired) electrons. The maximum Gasteiger partial charge on any atom is 0.242 e. The van der Waals surface area contributed by atoms with Crippen LogP contribution < -0.4 is 5.32 Å². The van der Waals surface area contributed by atoms with Gasteiger partial charge in [0.15, 0.2) is 0 Å². The summed E-state index contributed by atoms with van der Waals surface area (Å²) < 4.78 is 14.2. The molecule has 2 amide bonds. The summed E-state index contributed by atoms with van der Waals surface area (Å²) >= 11 is 6.18. The first kappa shape index (κ1) is 21.9. The number of benzene rings is 2. The predicted molar refractivity (Wildman–Crippen MR) is 109 cm³/mol. The van der Waals surface area contributed by atoms with E-state index in [1.807, 2.05) is 13.8 Å². The first-order valence-corrected chi connectivity index (χ1v) is 9.71. The third kappa shape index (κ3) is 6.06. The molecule has 0 saturated carbocycles. The lowest BCUT2D eigenvalue weighted by atomic mass is 10.1. The van der Waals surface area contributed by atoms with Crippen LogP contribution in [-0.2, 0) is 22.6 Å². The lowest BCUT2D eigenvalue weighted by Crippen LogP contribution is -2.48. The van der Waals surface area contributed by atoms with E-state index < -0.39 is 11.9 Å². The zero-order valence-electron chi connectivity index (χ0n) is 16.4. The van der Waals surface area contributed by atoms with Gasteiger partial charge in [-0.05, 0) is 30.5 Å². The average molecular weight is 405 g/mol. The summed E-state index contributed by atoms with van der Waals surface area (Å²) in [6.45, 7) is 6.15. The molecule has 0 spiro atoms. The van der Waals surface area contributed by atoms with Crippen molar-refractivity contribution in [1.29, 1.82) is 0 Å². The summed E-state index contributed by atoms with van der Waals surface area (Å²) in [5.74, 6) is -0.677. The van der Waals surface area contributed by atoms with E-state index >= 15 is 0 Å². The number of nitrogens with zero attached hydrogens (tertiary/aromatic N) is 1. The summed E-state index contributed by atoms with van der Waals surface area (Å²) in [5.41, 5.74) is 1.03. The van der Waals surface area contributed by atoms with Crippen LogP contribution in [0.2, 0.25) is 5.02 Å². The molecule has 1 N–H and O–H groups in total. The van der Waals surface area contributed by atoms with Gasteiger partial charge in [-0.1, -0.05) is 61.8 Å². The van der Waals surface area contributed by atoms with Crippen molar-refractivity contribution in [2.45, 2.75) is 39.8 Å². The highest BCUT2D eigenvalue weighted by molar-refractivity contribution is 6.31. The fourth-order valence-corrected chi connectivity index (χ4v) is 2.95. The van der Waals surface area contributed by atoms with Crippen LogP contribution in [0.1, 0.15) is 31.9 Å². The zero-order chi connectivity index (χ0) is 20.7. The summed E-state index contributed by atoms with van der Waals surface area (Å²) in [6.07, 6.45) is 0.0376. The van der Waals surface area contributed by atoms with Crippen molar-refractivity contribution in [3.8, 4) is 0 Å². The monoisotopic (exact) mass is 404 g/mol. The smallest absolute Gasteiger partial charge is 0.242 e. The van der Waals surface area contributed by atoms with Crippen LogP contribution in [0.4, 0.5) is 4.39 Å². The quantitative estimate of drug-likeness (QED) is 0.716. The number of amides is 2. The van der Waals surface area contributed by atoms with Gasteiger partial charge in [0.05, 0.1) is 6.42 Å². The molecule has 6 heteroatoms. The Kier molecular flexibility index (Phi) is 8.00. The van der Waals surface area contributed by atoms with Crippen LogP contribution in [-0.4, -0.2) is 29.3 Å². The van der Waals surface area contributed by atoms with Crippen LogP contribution in [0, 0.1) is 11.7 Å². The Balaban J connectivity index is 2.24. The van der Waals surface area contributed by atoms with E-state index in [-0.39, 0.29) is 30.7 Å². The van der Waals surface area contributed by atoms with Gasteiger partial charge in [0.25, 0.3) is 0 Å². The number of nitrogens with one attached hydrogen (secondary N) is 1. The van der Waals surface area contributed by atoms with Gasteiger partial charge in [-0.25, -0.2) is 4.39 Å². The van der Waals surface area contributed by atoms with E-state index in [1.165, 1.54) is 11.0 Å². The molecule has 0 aliphatic heterocycles. The Morgan fingerprint density at radius 2 is 1.64 bits per heavy atom. The molecule has 0 aliphatic rings. The van der Waals surface area contributed by atoms with E-state index in [1.54, 1.807) is 49.4 Å². The molecule has 28 heavy (non-hydrogen) atoms. The molecule has 0 aliphatic carbocycles. The lowest BCUT2D eigenvalue weighted by Gasteiger charge is -2.29. The third-order valence-electron chi connectivity index (χ3n) is 4.45. The minimum Gasteiger partial charge on any atom is -0.354 e. The molecule has 2 aromatic rings. The topological polar surface area (TPSA) is 49.4 Å². The number of hydrogen-bond donors (Lipinski definition) is 1. The first-order valence-electron chi connectivity index (χ1n) is 9.33. The zero-order valence-corrected chi connectivity index (χ0v) is 17.2. The second-order valence-electron chi connectivity index (χ2n) is 7.20. The Labute approximate surface area is 170 Å². The van der Waals surface area contributed by atoms with Crippen molar-refractivity contribution < 1.29 is 14.0 Å². The van der Waals surface area contributed by atoms with E-state index in [0.29, 0.717) is 22.7 Å². The van der Waals surface area contributed by atoms with Gasteiger partial charge >= 0.3 is 0 Å². The van der Waals surface area contributed by atoms with Crippen LogP contribution in [0.3, 0.4) is 0 Å². The van der Waals surface area contributed by atoms with E-state index in [4.69, 9.17) is 11.6 Å². The second-order valence-corrected chi connectivity index (χ2v) is 7.60. The van der Waals surface area contributed by atoms with Gasteiger partial charge < -0.3 is 10.2 Å². The highest BCUT2D eigenvalue weighted by Gasteiger charge is 2.27. The van der Waals surface area contributed by atoms with Gasteiger partial charge in [0.2, 0.25) is 11.8 Å². The normalized spacial score (nSPS) is 11.9. The summed E-state index contributed by atoms with van der Waals surface area (Å²) in [6, 6.07) is 12.6. The van der Waals surface area contributed by atoms with Crippen molar-refractivity contribution in [3.05, 3.63) is 70.5 Å². The fourth-order valence-electron chi connectivity index (χ4n) is 2.75. The van der Waals surface area contributed by atoms with Crippen LogP contribution >= 0.6 is 11.6 Å². The van der Waals surface area contributed by atoms with Crippen LogP contribution in [0.5, 0.6) is 0 Å². The minimum absolute atomic E-state index is 0.00618. The van der Waals surface area contributed by atoms with Gasteiger partial charge in [0.1, 0.15) is 11.9 Å². The molecule has 0 saturated heterocycles. The van der Waals surface area contributed by atoms with Crippen molar-refractivity contribution in [3.63, 3.8) is 0 Å². The average Bonchev–Trinajstić information content (AvgIpc) is 2.66. The molecule has 0 unspecified atom stereocenters. The van der Waals surface area contributed by atoms with Crippen molar-refractivity contribution in [1.82, 2.24) is 10.2 Å². The fraction of sp³-hybridized carbons (Fsp3) is 0.364. The number of rotatable bonds is 8. The minimum atomic E-state index is -0.742. The maximum atomic E-state index is 14.2. The number of hydrogen-bond acceptors (Lipinski definition) is 2. The Morgan fingerprint density at radius 1 is 1.04 bits per heavy atom. The van der Waals surface area contributed by atoms with Gasteiger partial charge in [-0.3, -0.25) is 9.59 Å². The molecule has 0 bridgehead atoms. The first-order chi connectivity index (χ1) is 13.3. The summed E-state index contributed by atoms with van der Waals surface area (Å²) in [4.78, 5) is 27.0. The molecule has 2 rings (SSSR count). The van der Waals surface area contributed by atoms with Crippen molar-refractivity contribution in [2.24, 2.45) is 5.92 Å². The van der Waals surface area contributed by atoms with E-state index in [9.17, 15) is 14.0 Å². The molecule has 4 nitrogen and oxygen atoms in total. The molecule has 2 aromatic carbocycles. The largest absolute Gasteiger partial charge is 0.354 e. The number of halogens is 2. The predicted octanol–water partition coefficient (Wildman–Crippen LogP) is 4.21. The van der Waals surface area contributed by atoms with Gasteiger partial charge in [0, 0.05) is 23.7 Å². The summed E-state index contributed by atoms with van der Waals surface area (Å²) in [7, 11) is 0. The van der Waals surface area contributed by atoms with Crippen molar-refractivity contribution in [2.75, 3.05) is 6.54 Å². The lowest BCUT2D eigenvalue weighted by molar-refractivity contribution is -0.140. The third-order valence-corrected chi connectivity index (χ3v) is 4.82. The van der Waals surface area contributed by atoms with Crippen molar-refractivity contribution >= 4 is 23.4 Å². The molecule has 1 atom stereocenters. The Hall–Kier alpha value is -2.40. The molecule has 0 fully saturated rings. The summed E-state index contributed by atoms with van der Waals surface area (Å²) in [5, 5.41) is 3.33. The van der Waals surface area contributed by atoms with Gasteiger partial charge in [-0.2, -0.15) is 0 Å². The molecular formula is C22H26ClFN2O2. The highest BCUT2D eigenvalue weighted by atomic mass is 35.5. The van der Waals surface area contributed by atoms with Crippen LogP contribution in [0.25, 0.3) is 0 Å². The molecule has 150 valence electrons. The van der Waals surface area contributed by atoms with Crippen LogP contribution in [0.15, 0.2) is 48.5 Å². The SMILES string of the molecule is CC(C)CNC(=O)[C@H](C)N(Cc1ccccc1F)C(=O)Cc1ccccc1Cl. The Morgan fingerprint density at radius 3 is 2.25 bits per heavy atom. The Bertz CT molecular complexity index is 826. The number of carbonyl (C=O) groups is 2.